The lowest BCUT2D eigenvalue weighted by Crippen LogP contribution is -2.43. The number of nitrogens with one attached hydrogen (secondary N) is 1. The number of likely N-dealkylation sites (tertiary alicyclic amines) is 1. The first-order chi connectivity index (χ1) is 9.88. The molecule has 0 radical (unpaired) electrons. The summed E-state index contributed by atoms with van der Waals surface area (Å²) in [7, 11) is -1.43. The van der Waals surface area contributed by atoms with E-state index in [9.17, 15) is 8.42 Å². The van der Waals surface area contributed by atoms with Crippen LogP contribution < -0.4 is 10.5 Å². The minimum atomic E-state index is -3.61. The predicted molar refractivity (Wildman–Crippen MR) is 84.5 cm³/mol. The number of hydrogen-bond acceptors (Lipinski definition) is 4. The van der Waals surface area contributed by atoms with E-state index in [0.29, 0.717) is 6.04 Å². The summed E-state index contributed by atoms with van der Waals surface area (Å²) in [5, 5.41) is 8.64. The lowest BCUT2D eigenvalue weighted by Gasteiger charge is -2.33. The van der Waals surface area contributed by atoms with Gasteiger partial charge in [0.2, 0.25) is 10.0 Å². The highest BCUT2D eigenvalue weighted by Crippen LogP contribution is 2.18. The Bertz CT molecular complexity index is 557. The van der Waals surface area contributed by atoms with Gasteiger partial charge in [0.1, 0.15) is 0 Å². The van der Waals surface area contributed by atoms with E-state index >= 15 is 0 Å². The van der Waals surface area contributed by atoms with E-state index in [1.54, 1.807) is 12.1 Å². The van der Waals surface area contributed by atoms with Gasteiger partial charge in [0.05, 0.1) is 4.90 Å². The molecule has 0 bridgehead atoms. The summed E-state index contributed by atoms with van der Waals surface area (Å²) in [6, 6.07) is 7.55. The number of piperidine rings is 1. The minimum Gasteiger partial charge on any atom is -0.309 e. The average molecular weight is 311 g/mol. The Labute approximate surface area is 127 Å². The normalized spacial score (nSPS) is 22.1. The molecule has 0 spiro atoms. The molecule has 1 aromatic rings. The maximum Gasteiger partial charge on any atom is 0.238 e. The fourth-order valence-electron chi connectivity index (χ4n) is 2.78. The molecule has 1 aromatic carbocycles. The monoisotopic (exact) mass is 311 g/mol. The van der Waals surface area contributed by atoms with Gasteiger partial charge in [-0.3, -0.25) is 0 Å². The van der Waals surface area contributed by atoms with Gasteiger partial charge in [-0.1, -0.05) is 18.6 Å². The van der Waals surface area contributed by atoms with Crippen molar-refractivity contribution in [2.24, 2.45) is 5.14 Å². The second-order valence-electron chi connectivity index (χ2n) is 5.87. The van der Waals surface area contributed by atoms with E-state index in [-0.39, 0.29) is 10.9 Å². The number of rotatable bonds is 5. The molecule has 3 N–H and O–H groups in total. The van der Waals surface area contributed by atoms with Crippen LogP contribution in [0.3, 0.4) is 0 Å². The van der Waals surface area contributed by atoms with Gasteiger partial charge in [-0.25, -0.2) is 13.6 Å². The van der Waals surface area contributed by atoms with Crippen LogP contribution >= 0.6 is 0 Å². The Morgan fingerprint density at radius 2 is 2.00 bits per heavy atom. The first kappa shape index (κ1) is 16.4. The molecule has 2 atom stereocenters. The molecule has 0 amide bonds. The lowest BCUT2D eigenvalue weighted by molar-refractivity contribution is 0.178. The van der Waals surface area contributed by atoms with E-state index < -0.39 is 10.0 Å². The molecular formula is C15H25N3O2S. The molecule has 2 rings (SSSR count). The van der Waals surface area contributed by atoms with Crippen molar-refractivity contribution < 1.29 is 8.42 Å². The van der Waals surface area contributed by atoms with Crippen molar-refractivity contribution in [3.63, 3.8) is 0 Å². The second-order valence-corrected chi connectivity index (χ2v) is 7.44. The molecule has 0 saturated carbocycles. The molecule has 21 heavy (non-hydrogen) atoms. The van der Waals surface area contributed by atoms with Gasteiger partial charge in [0.25, 0.3) is 0 Å². The highest BCUT2D eigenvalue weighted by molar-refractivity contribution is 7.89. The van der Waals surface area contributed by atoms with E-state index in [1.807, 2.05) is 12.1 Å². The maximum atomic E-state index is 11.2. The summed E-state index contributed by atoms with van der Waals surface area (Å²) in [5.74, 6) is 0. The van der Waals surface area contributed by atoms with Crippen molar-refractivity contribution in [3.05, 3.63) is 29.8 Å². The van der Waals surface area contributed by atoms with Crippen LogP contribution in [-0.2, 0) is 10.0 Å². The van der Waals surface area contributed by atoms with Crippen molar-refractivity contribution in [3.8, 4) is 0 Å². The molecule has 6 heteroatoms. The topological polar surface area (TPSA) is 75.4 Å². The molecule has 2 unspecified atom stereocenters. The molecule has 1 heterocycles. The van der Waals surface area contributed by atoms with Gasteiger partial charge >= 0.3 is 0 Å². The summed E-state index contributed by atoms with van der Waals surface area (Å²) >= 11 is 0. The average Bonchev–Trinajstić information content (AvgIpc) is 2.45. The molecule has 1 aliphatic heterocycles. The zero-order valence-corrected chi connectivity index (χ0v) is 13.6. The van der Waals surface area contributed by atoms with Crippen LogP contribution in [0, 0.1) is 0 Å². The first-order valence-corrected chi connectivity index (χ1v) is 8.99. The fraction of sp³-hybridized carbons (Fsp3) is 0.600. The summed E-state index contributed by atoms with van der Waals surface area (Å²) in [4.78, 5) is 2.57. The first-order valence-electron chi connectivity index (χ1n) is 7.44. The summed E-state index contributed by atoms with van der Waals surface area (Å²) in [6.07, 6.45) is 3.83. The van der Waals surface area contributed by atoms with Crippen molar-refractivity contribution >= 4 is 10.0 Å². The smallest absolute Gasteiger partial charge is 0.238 e. The Balaban J connectivity index is 1.92. The lowest BCUT2D eigenvalue weighted by atomic mass is 10.0. The molecule has 1 aliphatic rings. The van der Waals surface area contributed by atoms with Gasteiger partial charge in [-0.15, -0.1) is 0 Å². The fourth-order valence-corrected chi connectivity index (χ4v) is 3.29. The third-order valence-corrected chi connectivity index (χ3v) is 5.22. The third-order valence-electron chi connectivity index (χ3n) is 4.29. The van der Waals surface area contributed by atoms with Gasteiger partial charge in [0.15, 0.2) is 0 Å². The SMILES string of the molecule is CC(NCC1CCCCN1C)c1ccc(S(N)(=O)=O)cc1. The third kappa shape index (κ3) is 4.51. The van der Waals surface area contributed by atoms with Gasteiger partial charge < -0.3 is 10.2 Å². The van der Waals surface area contributed by atoms with E-state index in [4.69, 9.17) is 5.14 Å². The van der Waals surface area contributed by atoms with E-state index in [1.165, 1.54) is 25.8 Å². The molecule has 1 fully saturated rings. The van der Waals surface area contributed by atoms with Crippen LogP contribution in [0.1, 0.15) is 37.8 Å². The number of sulfonamides is 1. The minimum absolute atomic E-state index is 0.158. The number of benzene rings is 1. The Hall–Kier alpha value is -0.950. The quantitative estimate of drug-likeness (QED) is 0.863. The Kier molecular flexibility index (Phi) is 5.37. The van der Waals surface area contributed by atoms with Crippen molar-refractivity contribution in [2.45, 2.75) is 43.2 Å². The van der Waals surface area contributed by atoms with E-state index in [0.717, 1.165) is 12.1 Å². The summed E-state index contributed by atoms with van der Waals surface area (Å²) < 4.78 is 22.5. The van der Waals surface area contributed by atoms with Crippen LogP contribution in [-0.4, -0.2) is 39.5 Å². The zero-order chi connectivity index (χ0) is 15.5. The van der Waals surface area contributed by atoms with Crippen molar-refractivity contribution in [1.82, 2.24) is 10.2 Å². The molecule has 118 valence electrons. The molecule has 1 saturated heterocycles. The summed E-state index contributed by atoms with van der Waals surface area (Å²) in [6.45, 7) is 4.22. The van der Waals surface area contributed by atoms with Crippen LogP contribution in [0.4, 0.5) is 0 Å². The summed E-state index contributed by atoms with van der Waals surface area (Å²) in [5.41, 5.74) is 1.07. The number of primary sulfonamides is 1. The van der Waals surface area contributed by atoms with Crippen molar-refractivity contribution in [2.75, 3.05) is 20.1 Å². The van der Waals surface area contributed by atoms with Gasteiger partial charge in [0, 0.05) is 18.6 Å². The molecule has 0 aromatic heterocycles. The predicted octanol–water partition coefficient (Wildman–Crippen LogP) is 1.47. The zero-order valence-electron chi connectivity index (χ0n) is 12.7. The van der Waals surface area contributed by atoms with Crippen molar-refractivity contribution in [1.29, 1.82) is 0 Å². The number of nitrogens with two attached hydrogens (primary N) is 1. The number of likely N-dealkylation sites (N-methyl/N-ethyl adjacent to an activating group) is 1. The van der Waals surface area contributed by atoms with Gasteiger partial charge in [-0.05, 0) is 51.1 Å². The highest BCUT2D eigenvalue weighted by atomic mass is 32.2. The molecule has 0 aliphatic carbocycles. The Morgan fingerprint density at radius 1 is 1.33 bits per heavy atom. The Morgan fingerprint density at radius 3 is 2.57 bits per heavy atom. The van der Waals surface area contributed by atoms with Crippen LogP contribution in [0.25, 0.3) is 0 Å². The van der Waals surface area contributed by atoms with Crippen LogP contribution in [0.15, 0.2) is 29.2 Å². The number of nitrogens with zero attached hydrogens (tertiary/aromatic N) is 1. The van der Waals surface area contributed by atoms with E-state index in [2.05, 4.69) is 24.2 Å². The standard InChI is InChI=1S/C15H25N3O2S/c1-12(17-11-14-5-3-4-10-18(14)2)13-6-8-15(9-7-13)21(16,19)20/h6-9,12,14,17H,3-5,10-11H2,1-2H3,(H2,16,19,20). The largest absolute Gasteiger partial charge is 0.309 e. The number of hydrogen-bond donors (Lipinski definition) is 2. The maximum absolute atomic E-state index is 11.2. The molecule has 5 nitrogen and oxygen atoms in total. The second kappa shape index (κ2) is 6.87. The van der Waals surface area contributed by atoms with Gasteiger partial charge in [-0.2, -0.15) is 0 Å². The highest BCUT2D eigenvalue weighted by Gasteiger charge is 2.19. The molecular weight excluding hydrogens is 286 g/mol. The van der Waals surface area contributed by atoms with Crippen LogP contribution in [0.2, 0.25) is 0 Å². The van der Waals surface area contributed by atoms with Crippen LogP contribution in [0.5, 0.6) is 0 Å².